The molecule has 1 saturated heterocycles. The molecule has 4 atom stereocenters. The topological polar surface area (TPSA) is 186 Å². The molecule has 1 aliphatic heterocycles. The number of aromatic nitrogens is 2. The van der Waals surface area contributed by atoms with E-state index in [0.717, 1.165) is 49.4 Å². The number of ether oxygens (including phenoxy) is 4. The van der Waals surface area contributed by atoms with Crippen LogP contribution in [0.3, 0.4) is 0 Å². The molecule has 0 aliphatic carbocycles. The van der Waals surface area contributed by atoms with Crippen molar-refractivity contribution in [2.75, 3.05) is 13.7 Å². The lowest BCUT2D eigenvalue weighted by Gasteiger charge is -2.24. The van der Waals surface area contributed by atoms with Crippen molar-refractivity contribution in [2.24, 2.45) is 0 Å². The highest BCUT2D eigenvalue weighted by Crippen LogP contribution is 2.35. The van der Waals surface area contributed by atoms with Crippen molar-refractivity contribution < 1.29 is 45.9 Å². The molecule has 1 aromatic carbocycles. The largest absolute Gasteiger partial charge is 0.466 e. The molecule has 1 fully saturated rings. The molecule has 210 valence electrons. The maximum atomic E-state index is 13.1. The first-order valence-corrected chi connectivity index (χ1v) is 12.8. The summed E-state index contributed by atoms with van der Waals surface area (Å²) in [5.74, 6) is -2.37. The molecule has 1 aliphatic rings. The lowest BCUT2D eigenvalue weighted by Crippen LogP contribution is -2.43. The Kier molecular flexibility index (Phi) is 9.21. The molecule has 0 amide bonds. The minimum Gasteiger partial charge on any atom is -0.466 e. The molecule has 0 spiro atoms. The number of H-pyrrole nitrogens is 1. The molecule has 39 heavy (non-hydrogen) atoms. The fourth-order valence-corrected chi connectivity index (χ4v) is 4.75. The van der Waals surface area contributed by atoms with Gasteiger partial charge in [0.2, 0.25) is 0 Å². The van der Waals surface area contributed by atoms with E-state index in [-0.39, 0.29) is 10.5 Å². The summed E-state index contributed by atoms with van der Waals surface area (Å²) in [5, 5.41) is 0. The maximum absolute atomic E-state index is 13.1. The smallest absolute Gasteiger partial charge is 0.330 e. The molecule has 0 unspecified atom stereocenters. The fraction of sp³-hybridized carbons (Fsp3) is 0.375. The molecule has 0 saturated carbocycles. The zero-order valence-electron chi connectivity index (χ0n) is 21.3. The van der Waals surface area contributed by atoms with Gasteiger partial charge < -0.3 is 18.9 Å². The van der Waals surface area contributed by atoms with Gasteiger partial charge >= 0.3 is 23.6 Å². The minimum atomic E-state index is -4.47. The van der Waals surface area contributed by atoms with Crippen LogP contribution in [0.4, 0.5) is 0 Å². The van der Waals surface area contributed by atoms with Gasteiger partial charge in [0.25, 0.3) is 15.7 Å². The third kappa shape index (κ3) is 7.28. The Hall–Kier alpha value is -4.08. The Morgan fingerprint density at radius 1 is 1.08 bits per heavy atom. The number of nitrogens with zero attached hydrogens (tertiary/aromatic N) is 1. The van der Waals surface area contributed by atoms with Gasteiger partial charge in [0.05, 0.1) is 17.6 Å². The quantitative estimate of drug-likeness (QED) is 0.188. The van der Waals surface area contributed by atoms with Crippen molar-refractivity contribution in [3.05, 3.63) is 68.5 Å². The summed E-state index contributed by atoms with van der Waals surface area (Å²) in [6, 6.07) is 5.72. The number of methoxy groups -OCH3 is 1. The Morgan fingerprint density at radius 3 is 2.33 bits per heavy atom. The van der Waals surface area contributed by atoms with E-state index < -0.39 is 70.4 Å². The molecule has 14 nitrogen and oxygen atoms in total. The van der Waals surface area contributed by atoms with E-state index in [0.29, 0.717) is 0 Å². The third-order valence-electron chi connectivity index (χ3n) is 5.46. The zero-order valence-corrected chi connectivity index (χ0v) is 22.1. The fourth-order valence-electron chi connectivity index (χ4n) is 3.64. The molecule has 0 radical (unpaired) electrons. The summed E-state index contributed by atoms with van der Waals surface area (Å²) < 4.78 is 53.1. The van der Waals surface area contributed by atoms with Crippen LogP contribution in [0.25, 0.3) is 6.08 Å². The average molecular weight is 567 g/mol. The maximum Gasteiger partial charge on any atom is 0.330 e. The number of nitrogens with one attached hydrogen (secondary N) is 1. The second kappa shape index (κ2) is 12.2. The van der Waals surface area contributed by atoms with Crippen molar-refractivity contribution >= 4 is 34.1 Å². The van der Waals surface area contributed by atoms with Gasteiger partial charge in [-0.05, 0) is 25.1 Å². The number of carbonyl (C=O) groups is 3. The Balaban J connectivity index is 2.09. The van der Waals surface area contributed by atoms with E-state index in [1.54, 1.807) is 19.1 Å². The van der Waals surface area contributed by atoms with Crippen LogP contribution in [0.15, 0.2) is 51.0 Å². The van der Waals surface area contributed by atoms with Gasteiger partial charge in [0.1, 0.15) is 18.8 Å². The van der Waals surface area contributed by atoms with Gasteiger partial charge in [0, 0.05) is 26.1 Å². The van der Waals surface area contributed by atoms with E-state index >= 15 is 0 Å². The van der Waals surface area contributed by atoms with Crippen molar-refractivity contribution in [3.63, 3.8) is 0 Å². The summed E-state index contributed by atoms with van der Waals surface area (Å²) in [7, 11) is -3.34. The number of carbonyl (C=O) groups excluding carboxylic acids is 3. The van der Waals surface area contributed by atoms with Crippen molar-refractivity contribution in [3.8, 4) is 0 Å². The first kappa shape index (κ1) is 29.5. The molecule has 15 heteroatoms. The van der Waals surface area contributed by atoms with Gasteiger partial charge in [-0.1, -0.05) is 17.7 Å². The van der Waals surface area contributed by atoms with Crippen LogP contribution in [0.1, 0.15) is 31.2 Å². The number of hydrogen-bond donors (Lipinski definition) is 1. The Bertz CT molecular complexity index is 1490. The normalized spacial score (nSPS) is 21.0. The number of benzene rings is 1. The van der Waals surface area contributed by atoms with Crippen molar-refractivity contribution in [1.29, 1.82) is 0 Å². The number of aromatic amines is 1. The zero-order chi connectivity index (χ0) is 28.9. The van der Waals surface area contributed by atoms with E-state index in [2.05, 4.69) is 4.74 Å². The van der Waals surface area contributed by atoms with Gasteiger partial charge in [-0.3, -0.25) is 28.1 Å². The lowest BCUT2D eigenvalue weighted by molar-refractivity contribution is -0.155. The number of aryl methyl sites for hydroxylation is 1. The standard InChI is InChI=1S/C24H26N2O12S/c1-13-5-8-17(9-6-13)39(32,33)38-20-18(12-35-14(2)27)37-23(21(20)36-15(3)28)26-11-16(7-10-19(29)34-4)22(30)25-24(26)31/h5-11,18,20-21,23H,12H2,1-4H3,(H,25,30,31)/t18-,20+,21-,23-/m1/s1. The molecular weight excluding hydrogens is 540 g/mol. The van der Waals surface area contributed by atoms with Crippen LogP contribution in [0, 0.1) is 6.92 Å². The minimum absolute atomic E-state index is 0.182. The van der Waals surface area contributed by atoms with Crippen molar-refractivity contribution in [1.82, 2.24) is 9.55 Å². The number of rotatable bonds is 9. The van der Waals surface area contributed by atoms with Crippen molar-refractivity contribution in [2.45, 2.75) is 50.2 Å². The molecular formula is C24H26N2O12S. The summed E-state index contributed by atoms with van der Waals surface area (Å²) >= 11 is 0. The summed E-state index contributed by atoms with van der Waals surface area (Å²) in [6.45, 7) is 3.39. The average Bonchev–Trinajstić information content (AvgIpc) is 3.17. The van der Waals surface area contributed by atoms with Crippen LogP contribution in [-0.4, -0.2) is 67.9 Å². The molecule has 1 aromatic heterocycles. The molecule has 2 aromatic rings. The van der Waals surface area contributed by atoms with E-state index in [9.17, 15) is 32.4 Å². The van der Waals surface area contributed by atoms with Gasteiger partial charge in [-0.2, -0.15) is 8.42 Å². The summed E-state index contributed by atoms with van der Waals surface area (Å²) in [6.07, 6.45) is -3.01. The first-order chi connectivity index (χ1) is 18.3. The second-order valence-electron chi connectivity index (χ2n) is 8.38. The van der Waals surface area contributed by atoms with E-state index in [4.69, 9.17) is 18.4 Å². The molecule has 3 rings (SSSR count). The predicted molar refractivity (Wildman–Crippen MR) is 132 cm³/mol. The van der Waals surface area contributed by atoms with E-state index in [1.807, 2.05) is 4.98 Å². The van der Waals surface area contributed by atoms with Crippen LogP contribution in [-0.2, 0) is 47.6 Å². The number of esters is 3. The first-order valence-electron chi connectivity index (χ1n) is 11.4. The highest BCUT2D eigenvalue weighted by atomic mass is 32.2. The van der Waals surface area contributed by atoms with Crippen LogP contribution < -0.4 is 11.2 Å². The SMILES string of the molecule is COC(=O)C=Cc1cn([C@@H]2O[C@H](COC(C)=O)[C@H](OS(=O)(=O)c3ccc(C)cc3)[C@H]2OC(C)=O)c(=O)[nH]c1=O. The highest BCUT2D eigenvalue weighted by molar-refractivity contribution is 7.86. The van der Waals surface area contributed by atoms with Crippen LogP contribution >= 0.6 is 0 Å². The summed E-state index contributed by atoms with van der Waals surface area (Å²) in [5.41, 5.74) is -1.26. The lowest BCUT2D eigenvalue weighted by atomic mass is 10.1. The highest BCUT2D eigenvalue weighted by Gasteiger charge is 2.51. The Labute approximate surface area is 222 Å². The number of hydrogen-bond acceptors (Lipinski definition) is 12. The van der Waals surface area contributed by atoms with Gasteiger partial charge in [-0.25, -0.2) is 9.59 Å². The van der Waals surface area contributed by atoms with E-state index in [1.165, 1.54) is 12.1 Å². The summed E-state index contributed by atoms with van der Waals surface area (Å²) in [4.78, 5) is 61.8. The van der Waals surface area contributed by atoms with Gasteiger partial charge in [0.15, 0.2) is 12.3 Å². The molecule has 1 N–H and O–H groups in total. The molecule has 0 bridgehead atoms. The van der Waals surface area contributed by atoms with Crippen LogP contribution in [0.5, 0.6) is 0 Å². The van der Waals surface area contributed by atoms with Crippen LogP contribution in [0.2, 0.25) is 0 Å². The predicted octanol–water partition coefficient (Wildman–Crippen LogP) is 0.198. The second-order valence-corrected chi connectivity index (χ2v) is 9.95. The van der Waals surface area contributed by atoms with Gasteiger partial charge in [-0.15, -0.1) is 0 Å². The monoisotopic (exact) mass is 566 g/mol. The Morgan fingerprint density at radius 2 is 1.74 bits per heavy atom. The molecule has 2 heterocycles. The third-order valence-corrected chi connectivity index (χ3v) is 6.78.